The monoisotopic (exact) mass is 357 g/mol. The lowest BCUT2D eigenvalue weighted by Crippen LogP contribution is -2.42. The smallest absolute Gasteiger partial charge is 0.348 e. The minimum absolute atomic E-state index is 0.0162. The highest BCUT2D eigenvalue weighted by Gasteiger charge is 2.28. The summed E-state index contributed by atoms with van der Waals surface area (Å²) in [7, 11) is 0. The Bertz CT molecular complexity index is 845. The standard InChI is InChI=1S/C20H24FN3O2/c1-13-10-14(2)24(20(26)22-13)12-19(25)23-18-5-3-4-16(18)11-15-6-8-17(21)9-7-15/h6-10,16,18H,3-5,11-12H2,1-2H3,(H,23,25)/t16-,18-/m0/s1. The Balaban J connectivity index is 1.63. The molecule has 5 nitrogen and oxygen atoms in total. The Labute approximate surface area is 152 Å². The van der Waals surface area contributed by atoms with Crippen LogP contribution in [-0.4, -0.2) is 21.5 Å². The van der Waals surface area contributed by atoms with Gasteiger partial charge < -0.3 is 5.32 Å². The van der Waals surface area contributed by atoms with Crippen LogP contribution in [0.4, 0.5) is 4.39 Å². The molecule has 1 aromatic carbocycles. The maximum atomic E-state index is 13.1. The zero-order valence-electron chi connectivity index (χ0n) is 15.2. The van der Waals surface area contributed by atoms with Crippen molar-refractivity contribution in [2.75, 3.05) is 0 Å². The Morgan fingerprint density at radius 2 is 2.00 bits per heavy atom. The third kappa shape index (κ3) is 4.36. The van der Waals surface area contributed by atoms with Crippen molar-refractivity contribution < 1.29 is 9.18 Å². The Morgan fingerprint density at radius 1 is 1.27 bits per heavy atom. The number of aromatic nitrogens is 2. The van der Waals surface area contributed by atoms with Gasteiger partial charge in [0, 0.05) is 17.4 Å². The quantitative estimate of drug-likeness (QED) is 0.894. The zero-order chi connectivity index (χ0) is 18.7. The number of carbonyl (C=O) groups is 1. The van der Waals surface area contributed by atoms with Crippen LogP contribution in [-0.2, 0) is 17.8 Å². The summed E-state index contributed by atoms with van der Waals surface area (Å²) in [6.45, 7) is 3.55. The number of carbonyl (C=O) groups excluding carboxylic acids is 1. The van der Waals surface area contributed by atoms with Crippen LogP contribution >= 0.6 is 0 Å². The molecule has 138 valence electrons. The average molecular weight is 357 g/mol. The molecule has 1 aliphatic carbocycles. The van der Waals surface area contributed by atoms with E-state index in [9.17, 15) is 14.0 Å². The van der Waals surface area contributed by atoms with E-state index in [1.54, 1.807) is 32.0 Å². The van der Waals surface area contributed by atoms with Crippen LogP contribution in [0.15, 0.2) is 35.1 Å². The molecule has 1 aliphatic rings. The third-order valence-electron chi connectivity index (χ3n) is 5.06. The second-order valence-corrected chi connectivity index (χ2v) is 7.10. The minimum Gasteiger partial charge on any atom is -0.352 e. The Hall–Kier alpha value is -2.50. The molecule has 1 N–H and O–H groups in total. The molecule has 1 saturated carbocycles. The fourth-order valence-corrected chi connectivity index (χ4v) is 3.76. The first-order valence-electron chi connectivity index (χ1n) is 9.01. The molecule has 0 unspecified atom stereocenters. The highest BCUT2D eigenvalue weighted by Crippen LogP contribution is 2.29. The van der Waals surface area contributed by atoms with Crippen LogP contribution in [0.5, 0.6) is 0 Å². The molecule has 6 heteroatoms. The predicted octanol–water partition coefficient (Wildman–Crippen LogP) is 2.53. The summed E-state index contributed by atoms with van der Waals surface area (Å²) in [4.78, 5) is 28.4. The topological polar surface area (TPSA) is 64.0 Å². The zero-order valence-corrected chi connectivity index (χ0v) is 15.2. The number of amides is 1. The molecule has 2 atom stereocenters. The number of benzene rings is 1. The van der Waals surface area contributed by atoms with Gasteiger partial charge in [-0.3, -0.25) is 9.36 Å². The first-order valence-corrected chi connectivity index (χ1v) is 9.01. The summed E-state index contributed by atoms with van der Waals surface area (Å²) < 4.78 is 14.5. The van der Waals surface area contributed by atoms with Crippen molar-refractivity contribution in [2.24, 2.45) is 5.92 Å². The van der Waals surface area contributed by atoms with E-state index in [1.807, 2.05) is 0 Å². The number of nitrogens with one attached hydrogen (secondary N) is 1. The largest absolute Gasteiger partial charge is 0.352 e. The number of aryl methyl sites for hydroxylation is 2. The lowest BCUT2D eigenvalue weighted by Gasteiger charge is -2.21. The van der Waals surface area contributed by atoms with E-state index in [2.05, 4.69) is 10.3 Å². The molecule has 0 aliphatic heterocycles. The summed E-state index contributed by atoms with van der Waals surface area (Å²) in [6, 6.07) is 8.42. The molecule has 26 heavy (non-hydrogen) atoms. The van der Waals surface area contributed by atoms with E-state index in [4.69, 9.17) is 0 Å². The van der Waals surface area contributed by atoms with E-state index in [-0.39, 0.29) is 24.3 Å². The van der Waals surface area contributed by atoms with Crippen molar-refractivity contribution in [1.29, 1.82) is 0 Å². The van der Waals surface area contributed by atoms with Gasteiger partial charge in [0.25, 0.3) is 0 Å². The van der Waals surface area contributed by atoms with Gasteiger partial charge >= 0.3 is 5.69 Å². The van der Waals surface area contributed by atoms with Gasteiger partial charge in [0.15, 0.2) is 0 Å². The molecule has 0 bridgehead atoms. The van der Waals surface area contributed by atoms with E-state index < -0.39 is 5.69 Å². The molecular formula is C20H24FN3O2. The average Bonchev–Trinajstić information content (AvgIpc) is 3.00. The number of hydrogen-bond acceptors (Lipinski definition) is 3. The molecule has 1 fully saturated rings. The van der Waals surface area contributed by atoms with Crippen LogP contribution in [0.2, 0.25) is 0 Å². The highest BCUT2D eigenvalue weighted by atomic mass is 19.1. The predicted molar refractivity (Wildman–Crippen MR) is 97.3 cm³/mol. The van der Waals surface area contributed by atoms with Crippen molar-refractivity contribution in [1.82, 2.24) is 14.9 Å². The van der Waals surface area contributed by atoms with E-state index in [1.165, 1.54) is 16.7 Å². The molecule has 1 heterocycles. The van der Waals surface area contributed by atoms with Crippen LogP contribution in [0.3, 0.4) is 0 Å². The molecular weight excluding hydrogens is 333 g/mol. The SMILES string of the molecule is Cc1cc(C)n(CC(=O)N[C@H]2CCC[C@H]2Cc2ccc(F)cc2)c(=O)n1. The van der Waals surface area contributed by atoms with Gasteiger partial charge in [-0.25, -0.2) is 9.18 Å². The van der Waals surface area contributed by atoms with Crippen molar-refractivity contribution in [3.63, 3.8) is 0 Å². The second kappa shape index (κ2) is 7.81. The minimum atomic E-state index is -0.396. The molecule has 1 amide bonds. The summed E-state index contributed by atoms with van der Waals surface area (Å²) in [5, 5.41) is 3.08. The molecule has 2 aromatic rings. The van der Waals surface area contributed by atoms with Crippen molar-refractivity contribution in [2.45, 2.75) is 52.1 Å². The van der Waals surface area contributed by atoms with Gasteiger partial charge in [-0.05, 0) is 62.8 Å². The fourth-order valence-electron chi connectivity index (χ4n) is 3.76. The summed E-state index contributed by atoms with van der Waals surface area (Å²) in [6.07, 6.45) is 3.84. The van der Waals surface area contributed by atoms with Crippen molar-refractivity contribution in [3.8, 4) is 0 Å². The lowest BCUT2D eigenvalue weighted by atomic mass is 9.94. The number of rotatable bonds is 5. The van der Waals surface area contributed by atoms with Crippen molar-refractivity contribution in [3.05, 3.63) is 63.6 Å². The van der Waals surface area contributed by atoms with Gasteiger partial charge in [0.1, 0.15) is 12.4 Å². The lowest BCUT2D eigenvalue weighted by molar-refractivity contribution is -0.122. The van der Waals surface area contributed by atoms with Gasteiger partial charge in [0.05, 0.1) is 0 Å². The molecule has 0 saturated heterocycles. The van der Waals surface area contributed by atoms with Crippen molar-refractivity contribution >= 4 is 5.91 Å². The summed E-state index contributed by atoms with van der Waals surface area (Å²) in [5.74, 6) is -0.0761. The molecule has 0 radical (unpaired) electrons. The van der Waals surface area contributed by atoms with E-state index in [0.29, 0.717) is 11.6 Å². The van der Waals surface area contributed by atoms with Crippen LogP contribution in [0.25, 0.3) is 0 Å². The van der Waals surface area contributed by atoms with Gasteiger partial charge in [-0.2, -0.15) is 4.98 Å². The van der Waals surface area contributed by atoms with Crippen LogP contribution in [0, 0.1) is 25.6 Å². The Morgan fingerprint density at radius 3 is 2.69 bits per heavy atom. The normalized spacial score (nSPS) is 19.5. The number of hydrogen-bond donors (Lipinski definition) is 1. The Kier molecular flexibility index (Phi) is 5.49. The van der Waals surface area contributed by atoms with Gasteiger partial charge in [-0.15, -0.1) is 0 Å². The number of halogens is 1. The summed E-state index contributed by atoms with van der Waals surface area (Å²) >= 11 is 0. The molecule has 1 aromatic heterocycles. The second-order valence-electron chi connectivity index (χ2n) is 7.10. The van der Waals surface area contributed by atoms with E-state index >= 15 is 0 Å². The summed E-state index contributed by atoms with van der Waals surface area (Å²) in [5.41, 5.74) is 2.06. The van der Waals surface area contributed by atoms with Gasteiger partial charge in [0.2, 0.25) is 5.91 Å². The first-order chi connectivity index (χ1) is 12.4. The molecule has 0 spiro atoms. The maximum Gasteiger partial charge on any atom is 0.348 e. The van der Waals surface area contributed by atoms with E-state index in [0.717, 1.165) is 36.9 Å². The number of nitrogens with zero attached hydrogens (tertiary/aromatic N) is 2. The fraction of sp³-hybridized carbons (Fsp3) is 0.450. The van der Waals surface area contributed by atoms with Crippen LogP contribution < -0.4 is 11.0 Å². The highest BCUT2D eigenvalue weighted by molar-refractivity contribution is 5.76. The first kappa shape index (κ1) is 18.3. The maximum absolute atomic E-state index is 13.1. The third-order valence-corrected chi connectivity index (χ3v) is 5.06. The van der Waals surface area contributed by atoms with Crippen LogP contribution in [0.1, 0.15) is 36.2 Å². The van der Waals surface area contributed by atoms with Gasteiger partial charge in [-0.1, -0.05) is 18.6 Å². The molecule has 3 rings (SSSR count).